The van der Waals surface area contributed by atoms with Gasteiger partial charge in [0, 0.05) is 43.2 Å². The highest BCUT2D eigenvalue weighted by atomic mass is 16.6. The van der Waals surface area contributed by atoms with Gasteiger partial charge in [-0.1, -0.05) is 18.2 Å². The van der Waals surface area contributed by atoms with E-state index in [0.29, 0.717) is 25.4 Å². The van der Waals surface area contributed by atoms with E-state index in [1.54, 1.807) is 4.90 Å². The van der Waals surface area contributed by atoms with E-state index < -0.39 is 5.60 Å². The molecule has 0 atom stereocenters. The number of benzene rings is 1. The second-order valence-electron chi connectivity index (χ2n) is 9.19. The largest absolute Gasteiger partial charge is 0.444 e. The first-order valence-corrected chi connectivity index (χ1v) is 10.4. The maximum Gasteiger partial charge on any atom is 0.410 e. The topological polar surface area (TPSA) is 51.5 Å². The van der Waals surface area contributed by atoms with Crippen LogP contribution < -0.4 is 0 Å². The molecule has 1 fully saturated rings. The second kappa shape index (κ2) is 7.26. The maximum absolute atomic E-state index is 13.1. The van der Waals surface area contributed by atoms with Crippen molar-refractivity contribution in [2.45, 2.75) is 65.0 Å². The molecule has 1 aromatic heterocycles. The molecule has 3 heterocycles. The number of Topliss-reactive ketones (excluding diaryl/α,β-unsaturated/α-hetero) is 1. The van der Waals surface area contributed by atoms with Gasteiger partial charge < -0.3 is 14.2 Å². The lowest BCUT2D eigenvalue weighted by molar-refractivity contribution is 0.0183. The first-order valence-electron chi connectivity index (χ1n) is 10.4. The fourth-order valence-corrected chi connectivity index (χ4v) is 4.50. The van der Waals surface area contributed by atoms with Gasteiger partial charge >= 0.3 is 6.09 Å². The van der Waals surface area contributed by atoms with Gasteiger partial charge in [-0.05, 0) is 57.9 Å². The monoisotopic (exact) mass is 382 g/mol. The van der Waals surface area contributed by atoms with Crippen LogP contribution in [0.15, 0.2) is 24.4 Å². The van der Waals surface area contributed by atoms with E-state index in [1.807, 2.05) is 20.8 Å². The molecule has 28 heavy (non-hydrogen) atoms. The molecule has 0 bridgehead atoms. The summed E-state index contributed by atoms with van der Waals surface area (Å²) in [5.41, 5.74) is 3.00. The summed E-state index contributed by atoms with van der Waals surface area (Å²) in [6.07, 6.45) is 6.32. The van der Waals surface area contributed by atoms with Gasteiger partial charge in [0.1, 0.15) is 5.60 Å². The standard InChI is InChI=1S/C23H30N2O3/c1-23(2,3)28-22(27)24-12-9-16(10-13-24)14-20(26)19-15-25-11-5-7-17-6-4-8-18(19)21(17)25/h4,6,8,15-16H,5,7,9-14H2,1-3H3. The number of hydrogen-bond donors (Lipinski definition) is 0. The molecule has 2 aliphatic heterocycles. The molecular formula is C23H30N2O3. The summed E-state index contributed by atoms with van der Waals surface area (Å²) >= 11 is 0. The minimum absolute atomic E-state index is 0.235. The number of aryl methyl sites for hydroxylation is 2. The predicted octanol–water partition coefficient (Wildman–Crippen LogP) is 4.81. The zero-order valence-corrected chi connectivity index (χ0v) is 17.2. The average Bonchev–Trinajstić information content (AvgIpc) is 3.02. The molecule has 0 N–H and O–H groups in total. The van der Waals surface area contributed by atoms with Crippen molar-refractivity contribution in [1.82, 2.24) is 9.47 Å². The van der Waals surface area contributed by atoms with Crippen molar-refractivity contribution in [3.63, 3.8) is 0 Å². The third-order valence-corrected chi connectivity index (χ3v) is 5.87. The second-order valence-corrected chi connectivity index (χ2v) is 9.19. The van der Waals surface area contributed by atoms with E-state index in [0.717, 1.165) is 43.2 Å². The predicted molar refractivity (Wildman–Crippen MR) is 110 cm³/mol. The smallest absolute Gasteiger partial charge is 0.410 e. The molecule has 1 aromatic carbocycles. The van der Waals surface area contributed by atoms with Gasteiger partial charge in [0.05, 0.1) is 5.52 Å². The number of nitrogens with zero attached hydrogens (tertiary/aromatic N) is 2. The van der Waals surface area contributed by atoms with Crippen molar-refractivity contribution >= 4 is 22.8 Å². The molecule has 5 nitrogen and oxygen atoms in total. The summed E-state index contributed by atoms with van der Waals surface area (Å²) < 4.78 is 7.72. The first-order chi connectivity index (χ1) is 13.3. The summed E-state index contributed by atoms with van der Waals surface area (Å²) in [6, 6.07) is 6.33. The van der Waals surface area contributed by atoms with E-state index in [1.165, 1.54) is 11.1 Å². The third-order valence-electron chi connectivity index (χ3n) is 5.87. The van der Waals surface area contributed by atoms with Crippen molar-refractivity contribution in [3.05, 3.63) is 35.5 Å². The fraction of sp³-hybridized carbons (Fsp3) is 0.565. The fourth-order valence-electron chi connectivity index (χ4n) is 4.50. The Labute approximate surface area is 166 Å². The maximum atomic E-state index is 13.1. The minimum atomic E-state index is -0.472. The Bertz CT molecular complexity index is 898. The van der Waals surface area contributed by atoms with Crippen LogP contribution in [0.2, 0.25) is 0 Å². The molecule has 5 heteroatoms. The van der Waals surface area contributed by atoms with Gasteiger partial charge in [-0.25, -0.2) is 4.79 Å². The van der Waals surface area contributed by atoms with Crippen LogP contribution >= 0.6 is 0 Å². The van der Waals surface area contributed by atoms with Crippen LogP contribution in [0.5, 0.6) is 0 Å². The van der Waals surface area contributed by atoms with E-state index in [9.17, 15) is 9.59 Å². The third kappa shape index (κ3) is 3.80. The highest BCUT2D eigenvalue weighted by Gasteiger charge is 2.29. The number of amides is 1. The molecule has 0 unspecified atom stereocenters. The van der Waals surface area contributed by atoms with Gasteiger partial charge in [-0.2, -0.15) is 0 Å². The highest BCUT2D eigenvalue weighted by Crippen LogP contribution is 2.31. The van der Waals surface area contributed by atoms with Crippen molar-refractivity contribution in [3.8, 4) is 0 Å². The van der Waals surface area contributed by atoms with Crippen molar-refractivity contribution < 1.29 is 14.3 Å². The quantitative estimate of drug-likeness (QED) is 0.716. The lowest BCUT2D eigenvalue weighted by Gasteiger charge is -2.33. The van der Waals surface area contributed by atoms with Crippen LogP contribution in [0.4, 0.5) is 4.79 Å². The van der Waals surface area contributed by atoms with Crippen LogP contribution in [0.25, 0.3) is 10.9 Å². The number of likely N-dealkylation sites (tertiary alicyclic amines) is 1. The van der Waals surface area contributed by atoms with E-state index in [-0.39, 0.29) is 11.9 Å². The number of aromatic nitrogens is 1. The Balaban J connectivity index is 1.40. The van der Waals surface area contributed by atoms with Crippen LogP contribution in [-0.4, -0.2) is 40.0 Å². The Morgan fingerprint density at radius 3 is 2.61 bits per heavy atom. The molecule has 0 spiro atoms. The number of carbonyl (C=O) groups is 2. The SMILES string of the molecule is CC(C)(C)OC(=O)N1CCC(CC(=O)c2cn3c4c(cccc24)CCC3)CC1. The van der Waals surface area contributed by atoms with Gasteiger partial charge in [-0.3, -0.25) is 4.79 Å². The lowest BCUT2D eigenvalue weighted by Crippen LogP contribution is -2.42. The van der Waals surface area contributed by atoms with Gasteiger partial charge in [0.25, 0.3) is 0 Å². The van der Waals surface area contributed by atoms with Crippen molar-refractivity contribution in [2.24, 2.45) is 5.92 Å². The van der Waals surface area contributed by atoms with Crippen LogP contribution in [0.3, 0.4) is 0 Å². The first kappa shape index (κ1) is 19.0. The number of carbonyl (C=O) groups excluding carboxylic acids is 2. The molecule has 0 radical (unpaired) electrons. The summed E-state index contributed by atoms with van der Waals surface area (Å²) in [5, 5.41) is 1.10. The number of ether oxygens (including phenoxy) is 1. The summed E-state index contributed by atoms with van der Waals surface area (Å²) in [6.45, 7) is 7.98. The Hall–Kier alpha value is -2.30. The number of hydrogen-bond acceptors (Lipinski definition) is 3. The molecule has 2 aromatic rings. The summed E-state index contributed by atoms with van der Waals surface area (Å²) in [7, 11) is 0. The Morgan fingerprint density at radius 1 is 1.14 bits per heavy atom. The molecule has 1 saturated heterocycles. The molecule has 0 saturated carbocycles. The highest BCUT2D eigenvalue weighted by molar-refractivity contribution is 6.08. The molecule has 1 amide bonds. The Kier molecular flexibility index (Phi) is 4.94. The van der Waals surface area contributed by atoms with Crippen molar-refractivity contribution in [1.29, 1.82) is 0 Å². The van der Waals surface area contributed by atoms with Gasteiger partial charge in [-0.15, -0.1) is 0 Å². The number of para-hydroxylation sites is 1. The van der Waals surface area contributed by atoms with E-state index in [2.05, 4.69) is 29.0 Å². The van der Waals surface area contributed by atoms with E-state index >= 15 is 0 Å². The number of rotatable bonds is 3. The Morgan fingerprint density at radius 2 is 1.89 bits per heavy atom. The van der Waals surface area contributed by atoms with Crippen molar-refractivity contribution in [2.75, 3.05) is 13.1 Å². The molecule has 4 rings (SSSR count). The summed E-state index contributed by atoms with van der Waals surface area (Å²) in [4.78, 5) is 27.1. The molecule has 0 aliphatic carbocycles. The van der Waals surface area contributed by atoms with Gasteiger partial charge in [0.15, 0.2) is 5.78 Å². The molecular weight excluding hydrogens is 352 g/mol. The summed E-state index contributed by atoms with van der Waals surface area (Å²) in [5.74, 6) is 0.566. The average molecular weight is 383 g/mol. The zero-order valence-electron chi connectivity index (χ0n) is 17.2. The zero-order chi connectivity index (χ0) is 19.9. The van der Waals surface area contributed by atoms with E-state index in [4.69, 9.17) is 4.74 Å². The lowest BCUT2D eigenvalue weighted by atomic mass is 9.89. The van der Waals surface area contributed by atoms with Crippen LogP contribution in [0.1, 0.15) is 62.4 Å². The number of piperidine rings is 1. The van der Waals surface area contributed by atoms with Crippen LogP contribution in [0, 0.1) is 5.92 Å². The molecule has 150 valence electrons. The normalized spacial score (nSPS) is 17.8. The number of ketones is 1. The minimum Gasteiger partial charge on any atom is -0.444 e. The van der Waals surface area contributed by atoms with Crippen LogP contribution in [-0.2, 0) is 17.7 Å². The molecule has 2 aliphatic rings. The van der Waals surface area contributed by atoms with Gasteiger partial charge in [0.2, 0.25) is 0 Å².